The van der Waals surface area contributed by atoms with Crippen LogP contribution in [0.25, 0.3) is 6.08 Å². The molecule has 0 saturated carbocycles. The summed E-state index contributed by atoms with van der Waals surface area (Å²) in [6.45, 7) is -0.134. The predicted molar refractivity (Wildman–Crippen MR) is 104 cm³/mol. The molecule has 0 bridgehead atoms. The lowest BCUT2D eigenvalue weighted by Crippen LogP contribution is -2.44. The summed E-state index contributed by atoms with van der Waals surface area (Å²) in [5, 5.41) is 0. The van der Waals surface area contributed by atoms with Crippen molar-refractivity contribution in [3.8, 4) is 11.5 Å². The van der Waals surface area contributed by atoms with Crippen molar-refractivity contribution >= 4 is 27.7 Å². The first-order valence-corrected chi connectivity index (χ1v) is 10.7. The molecule has 2 amide bonds. The molecule has 2 aliphatic rings. The van der Waals surface area contributed by atoms with Crippen LogP contribution in [-0.4, -0.2) is 75.4 Å². The molecule has 2 heterocycles. The highest BCUT2D eigenvalue weighted by Gasteiger charge is 2.33. The van der Waals surface area contributed by atoms with Crippen LogP contribution in [0.3, 0.4) is 0 Å². The van der Waals surface area contributed by atoms with E-state index in [-0.39, 0.29) is 42.3 Å². The van der Waals surface area contributed by atoms with E-state index >= 15 is 0 Å². The van der Waals surface area contributed by atoms with Gasteiger partial charge in [-0.3, -0.25) is 9.59 Å². The molecular weight excluding hydrogens is 384 g/mol. The number of likely N-dealkylation sites (N-methyl/N-ethyl adjacent to an activating group) is 1. The standard InChI is InChI=1S/C19H24N2O6S/c1-20(15-5-7-28(24,25)12-15)19(23)11-21-6-4-13-8-16(26-2)17(27-3)9-14(13)10-18(21)22/h4,6,8-9,15H,5,7,10-12H2,1-3H3/t15-/m0/s1. The van der Waals surface area contributed by atoms with Crippen molar-refractivity contribution in [2.75, 3.05) is 39.3 Å². The molecule has 1 saturated heterocycles. The van der Waals surface area contributed by atoms with E-state index in [0.717, 1.165) is 11.1 Å². The second-order valence-corrected chi connectivity index (χ2v) is 9.21. The number of nitrogens with zero attached hydrogens (tertiary/aromatic N) is 2. The molecule has 1 aromatic carbocycles. The van der Waals surface area contributed by atoms with Crippen molar-refractivity contribution in [2.24, 2.45) is 0 Å². The van der Waals surface area contributed by atoms with Crippen LogP contribution in [0, 0.1) is 0 Å². The minimum Gasteiger partial charge on any atom is -0.493 e. The minimum atomic E-state index is -3.09. The zero-order valence-corrected chi connectivity index (χ0v) is 17.0. The third-order valence-corrected chi connectivity index (χ3v) is 6.95. The Kier molecular flexibility index (Phi) is 5.64. The molecule has 1 atom stereocenters. The maximum absolute atomic E-state index is 12.6. The molecule has 9 heteroatoms. The lowest BCUT2D eigenvalue weighted by molar-refractivity contribution is -0.138. The Labute approximate surface area is 164 Å². The number of carbonyl (C=O) groups excluding carboxylic acids is 2. The van der Waals surface area contributed by atoms with E-state index in [2.05, 4.69) is 0 Å². The van der Waals surface area contributed by atoms with E-state index in [0.29, 0.717) is 17.9 Å². The number of ether oxygens (including phenoxy) is 2. The summed E-state index contributed by atoms with van der Waals surface area (Å²) in [6, 6.07) is 3.21. The molecule has 2 aliphatic heterocycles. The Morgan fingerprint density at radius 2 is 1.93 bits per heavy atom. The highest BCUT2D eigenvalue weighted by atomic mass is 32.2. The van der Waals surface area contributed by atoms with E-state index in [4.69, 9.17) is 9.47 Å². The van der Waals surface area contributed by atoms with Crippen LogP contribution in [0.15, 0.2) is 18.3 Å². The average Bonchev–Trinajstić information content (AvgIpc) is 2.96. The summed E-state index contributed by atoms with van der Waals surface area (Å²) in [7, 11) is 1.57. The van der Waals surface area contributed by atoms with E-state index in [1.807, 2.05) is 0 Å². The van der Waals surface area contributed by atoms with Crippen LogP contribution in [0.4, 0.5) is 0 Å². The number of fused-ring (bicyclic) bond motifs is 1. The summed E-state index contributed by atoms with van der Waals surface area (Å²) in [6.07, 6.45) is 3.89. The molecule has 0 unspecified atom stereocenters. The number of hydrogen-bond donors (Lipinski definition) is 0. The molecule has 0 aliphatic carbocycles. The molecule has 1 fully saturated rings. The first kappa shape index (κ1) is 20.2. The predicted octanol–water partition coefficient (Wildman–Crippen LogP) is 0.705. The van der Waals surface area contributed by atoms with Gasteiger partial charge in [0.05, 0.1) is 32.1 Å². The number of amides is 2. The quantitative estimate of drug-likeness (QED) is 0.712. The zero-order chi connectivity index (χ0) is 20.5. The van der Waals surface area contributed by atoms with Crippen molar-refractivity contribution in [2.45, 2.75) is 18.9 Å². The van der Waals surface area contributed by atoms with Crippen LogP contribution in [0.5, 0.6) is 11.5 Å². The maximum Gasteiger partial charge on any atom is 0.242 e. The second kappa shape index (κ2) is 7.83. The fourth-order valence-electron chi connectivity index (χ4n) is 3.45. The van der Waals surface area contributed by atoms with Crippen molar-refractivity contribution in [3.63, 3.8) is 0 Å². The van der Waals surface area contributed by atoms with Crippen LogP contribution >= 0.6 is 0 Å². The SMILES string of the molecule is COc1cc2c(cc1OC)CC(=O)N(CC(=O)N(C)[C@H]1CCS(=O)(=O)C1)C=C2. The monoisotopic (exact) mass is 408 g/mol. The smallest absolute Gasteiger partial charge is 0.242 e. The lowest BCUT2D eigenvalue weighted by atomic mass is 10.0. The first-order chi connectivity index (χ1) is 13.2. The average molecular weight is 408 g/mol. The van der Waals surface area contributed by atoms with E-state index in [9.17, 15) is 18.0 Å². The number of carbonyl (C=O) groups is 2. The van der Waals surface area contributed by atoms with Crippen LogP contribution < -0.4 is 9.47 Å². The molecule has 0 N–H and O–H groups in total. The van der Waals surface area contributed by atoms with Crippen molar-refractivity contribution in [3.05, 3.63) is 29.5 Å². The Morgan fingerprint density at radius 1 is 1.25 bits per heavy atom. The molecule has 0 aromatic heterocycles. The number of methoxy groups -OCH3 is 2. The topological polar surface area (TPSA) is 93.2 Å². The molecule has 8 nitrogen and oxygen atoms in total. The third kappa shape index (κ3) is 4.14. The van der Waals surface area contributed by atoms with Gasteiger partial charge in [0.1, 0.15) is 6.54 Å². The lowest BCUT2D eigenvalue weighted by Gasteiger charge is -2.26. The van der Waals surface area contributed by atoms with Gasteiger partial charge in [0.25, 0.3) is 0 Å². The van der Waals surface area contributed by atoms with Crippen LogP contribution in [0.2, 0.25) is 0 Å². The van der Waals surface area contributed by atoms with Gasteiger partial charge in [-0.25, -0.2) is 8.42 Å². The van der Waals surface area contributed by atoms with E-state index in [1.165, 1.54) is 16.9 Å². The van der Waals surface area contributed by atoms with Gasteiger partial charge >= 0.3 is 0 Å². The number of hydrogen-bond acceptors (Lipinski definition) is 6. The normalized spacial score (nSPS) is 20.5. The van der Waals surface area contributed by atoms with Gasteiger partial charge < -0.3 is 19.3 Å². The van der Waals surface area contributed by atoms with Gasteiger partial charge in [-0.1, -0.05) is 0 Å². The summed E-state index contributed by atoms with van der Waals surface area (Å²) in [4.78, 5) is 28.1. The Balaban J connectivity index is 1.74. The summed E-state index contributed by atoms with van der Waals surface area (Å²) < 4.78 is 33.9. The summed E-state index contributed by atoms with van der Waals surface area (Å²) >= 11 is 0. The highest BCUT2D eigenvalue weighted by molar-refractivity contribution is 7.91. The summed E-state index contributed by atoms with van der Waals surface area (Å²) in [5.41, 5.74) is 1.60. The maximum atomic E-state index is 12.6. The van der Waals surface area contributed by atoms with Gasteiger partial charge in [0, 0.05) is 19.3 Å². The minimum absolute atomic E-state index is 0.0238. The van der Waals surface area contributed by atoms with Gasteiger partial charge in [-0.15, -0.1) is 0 Å². The molecular formula is C19H24N2O6S. The first-order valence-electron chi connectivity index (χ1n) is 8.92. The number of rotatable bonds is 5. The van der Waals surface area contributed by atoms with Gasteiger partial charge in [-0.2, -0.15) is 0 Å². The third-order valence-electron chi connectivity index (χ3n) is 5.20. The molecule has 0 radical (unpaired) electrons. The van der Waals surface area contributed by atoms with Crippen LogP contribution in [0.1, 0.15) is 17.5 Å². The van der Waals surface area contributed by atoms with Gasteiger partial charge in [-0.05, 0) is 35.8 Å². The van der Waals surface area contributed by atoms with E-state index in [1.54, 1.807) is 38.6 Å². The molecule has 1 aromatic rings. The molecule has 152 valence electrons. The van der Waals surface area contributed by atoms with Crippen molar-refractivity contribution in [1.82, 2.24) is 9.80 Å². The van der Waals surface area contributed by atoms with Gasteiger partial charge in [0.15, 0.2) is 21.3 Å². The fraction of sp³-hybridized carbons (Fsp3) is 0.474. The Bertz CT molecular complexity index is 925. The number of benzene rings is 1. The molecule has 3 rings (SSSR count). The van der Waals surface area contributed by atoms with Crippen LogP contribution in [-0.2, 0) is 25.8 Å². The Morgan fingerprint density at radius 3 is 2.54 bits per heavy atom. The highest BCUT2D eigenvalue weighted by Crippen LogP contribution is 2.32. The zero-order valence-electron chi connectivity index (χ0n) is 16.2. The van der Waals surface area contributed by atoms with E-state index < -0.39 is 9.84 Å². The Hall–Kier alpha value is -2.55. The molecule has 28 heavy (non-hydrogen) atoms. The number of sulfone groups is 1. The fourth-order valence-corrected chi connectivity index (χ4v) is 5.22. The molecule has 0 spiro atoms. The van der Waals surface area contributed by atoms with Crippen molar-refractivity contribution < 1.29 is 27.5 Å². The largest absolute Gasteiger partial charge is 0.493 e. The van der Waals surface area contributed by atoms with Crippen molar-refractivity contribution in [1.29, 1.82) is 0 Å². The van der Waals surface area contributed by atoms with Gasteiger partial charge in [0.2, 0.25) is 11.8 Å². The second-order valence-electron chi connectivity index (χ2n) is 6.98. The summed E-state index contributed by atoms with van der Waals surface area (Å²) in [5.74, 6) is 0.657.